The Morgan fingerprint density at radius 3 is 2.71 bits per heavy atom. The number of nitrogens with one attached hydrogen (secondary N) is 2. The molecule has 148 valence electrons. The van der Waals surface area contributed by atoms with Gasteiger partial charge in [-0.25, -0.2) is 12.8 Å². The number of rotatable bonds is 6. The van der Waals surface area contributed by atoms with Crippen molar-refractivity contribution < 1.29 is 22.4 Å². The van der Waals surface area contributed by atoms with E-state index in [0.29, 0.717) is 12.1 Å². The third kappa shape index (κ3) is 4.53. The monoisotopic (exact) mass is 422 g/mol. The van der Waals surface area contributed by atoms with Crippen LogP contribution < -0.4 is 10.6 Å². The fourth-order valence-electron chi connectivity index (χ4n) is 2.71. The lowest BCUT2D eigenvalue weighted by molar-refractivity contribution is -0.116. The summed E-state index contributed by atoms with van der Waals surface area (Å²) in [7, 11) is -3.74. The number of benzene rings is 2. The molecule has 0 radical (unpaired) electrons. The summed E-state index contributed by atoms with van der Waals surface area (Å²) in [6.45, 7) is 1.91. The van der Waals surface area contributed by atoms with Gasteiger partial charge in [0.2, 0.25) is 11.8 Å². The van der Waals surface area contributed by atoms with Gasteiger partial charge in [0.15, 0.2) is 9.84 Å². The minimum Gasteiger partial charge on any atom is -0.324 e. The summed E-state index contributed by atoms with van der Waals surface area (Å²) in [6.07, 6.45) is 0.361. The number of sulfone groups is 1. The number of halogens is 1. The molecule has 2 amide bonds. The summed E-state index contributed by atoms with van der Waals surface area (Å²) in [4.78, 5) is 24.8. The molecule has 1 aliphatic rings. The fraction of sp³-hybridized carbons (Fsp3) is 0.263. The van der Waals surface area contributed by atoms with Gasteiger partial charge >= 0.3 is 0 Å². The highest BCUT2D eigenvalue weighted by molar-refractivity contribution is 8.01. The van der Waals surface area contributed by atoms with E-state index in [4.69, 9.17) is 0 Å². The number of para-hydroxylation sites is 1. The number of carbonyl (C=O) groups excluding carboxylic acids is 2. The molecule has 2 N–H and O–H groups in total. The number of fused-ring (bicyclic) bond motifs is 1. The number of hydrogen-bond acceptors (Lipinski definition) is 5. The van der Waals surface area contributed by atoms with Crippen molar-refractivity contribution in [1.29, 1.82) is 0 Å². The molecule has 3 rings (SSSR count). The summed E-state index contributed by atoms with van der Waals surface area (Å²) in [5, 5.41) is 4.90. The molecule has 0 saturated heterocycles. The van der Waals surface area contributed by atoms with Crippen LogP contribution in [0.25, 0.3) is 0 Å². The van der Waals surface area contributed by atoms with Crippen LogP contribution in [0.1, 0.15) is 19.8 Å². The molecule has 2 aromatic rings. The van der Waals surface area contributed by atoms with Crippen LogP contribution in [0.15, 0.2) is 52.3 Å². The highest BCUT2D eigenvalue weighted by Gasteiger charge is 2.27. The molecule has 0 fully saturated rings. The SMILES string of the molecule is CCC1Sc2ccc(S(=O)(=O)CCC(=O)Nc3ccccc3F)cc2NC1=O. The van der Waals surface area contributed by atoms with Gasteiger partial charge in [0.1, 0.15) is 5.82 Å². The van der Waals surface area contributed by atoms with Crippen LogP contribution in [0.4, 0.5) is 15.8 Å². The summed E-state index contributed by atoms with van der Waals surface area (Å²) in [6, 6.07) is 10.2. The van der Waals surface area contributed by atoms with Gasteiger partial charge in [0, 0.05) is 11.3 Å². The molecule has 9 heteroatoms. The van der Waals surface area contributed by atoms with Crippen LogP contribution in [-0.4, -0.2) is 31.2 Å². The van der Waals surface area contributed by atoms with Crippen molar-refractivity contribution in [2.75, 3.05) is 16.4 Å². The first-order chi connectivity index (χ1) is 13.3. The van der Waals surface area contributed by atoms with E-state index in [1.807, 2.05) is 6.92 Å². The molecule has 2 aromatic carbocycles. The Hall–Kier alpha value is -2.39. The molecular formula is C19H19FN2O4S2. The van der Waals surface area contributed by atoms with Gasteiger partial charge in [-0.1, -0.05) is 19.1 Å². The molecule has 1 aliphatic heterocycles. The minimum atomic E-state index is -3.74. The second-order valence-corrected chi connectivity index (χ2v) is 9.61. The Morgan fingerprint density at radius 1 is 1.25 bits per heavy atom. The lowest BCUT2D eigenvalue weighted by Crippen LogP contribution is -2.28. The molecule has 1 heterocycles. The van der Waals surface area contributed by atoms with Crippen LogP contribution in [0.5, 0.6) is 0 Å². The van der Waals surface area contributed by atoms with Gasteiger partial charge in [-0.2, -0.15) is 0 Å². The van der Waals surface area contributed by atoms with Crippen LogP contribution in [-0.2, 0) is 19.4 Å². The molecule has 1 unspecified atom stereocenters. The van der Waals surface area contributed by atoms with E-state index in [0.717, 1.165) is 4.90 Å². The third-order valence-electron chi connectivity index (χ3n) is 4.25. The molecule has 0 aliphatic carbocycles. The predicted molar refractivity (Wildman–Crippen MR) is 107 cm³/mol. The summed E-state index contributed by atoms with van der Waals surface area (Å²) in [5.74, 6) is -1.77. The normalized spacial score (nSPS) is 16.2. The van der Waals surface area contributed by atoms with Crippen molar-refractivity contribution >= 4 is 44.8 Å². The zero-order valence-corrected chi connectivity index (χ0v) is 16.7. The molecule has 0 saturated carbocycles. The van der Waals surface area contributed by atoms with Crippen molar-refractivity contribution in [3.8, 4) is 0 Å². The molecule has 6 nitrogen and oxygen atoms in total. The maximum absolute atomic E-state index is 13.6. The predicted octanol–water partition coefficient (Wildman–Crippen LogP) is 3.45. The van der Waals surface area contributed by atoms with Gasteiger partial charge in [-0.3, -0.25) is 9.59 Å². The lowest BCUT2D eigenvalue weighted by atomic mass is 10.2. The van der Waals surface area contributed by atoms with Crippen LogP contribution in [0.3, 0.4) is 0 Å². The maximum Gasteiger partial charge on any atom is 0.237 e. The lowest BCUT2D eigenvalue weighted by Gasteiger charge is -2.23. The van der Waals surface area contributed by atoms with Crippen molar-refractivity contribution in [3.63, 3.8) is 0 Å². The minimum absolute atomic E-state index is 0.00361. The second kappa shape index (κ2) is 8.32. The first kappa shape index (κ1) is 20.3. The maximum atomic E-state index is 13.6. The highest BCUT2D eigenvalue weighted by atomic mass is 32.2. The number of anilines is 2. The van der Waals surface area contributed by atoms with Crippen molar-refractivity contribution in [2.24, 2.45) is 0 Å². The van der Waals surface area contributed by atoms with Crippen molar-refractivity contribution in [2.45, 2.75) is 34.8 Å². The number of amides is 2. The number of hydrogen-bond donors (Lipinski definition) is 2. The van der Waals surface area contributed by atoms with Gasteiger partial charge in [0.05, 0.1) is 27.3 Å². The van der Waals surface area contributed by atoms with Crippen molar-refractivity contribution in [1.82, 2.24) is 0 Å². The zero-order valence-electron chi connectivity index (χ0n) is 15.1. The number of carbonyl (C=O) groups is 2. The van der Waals surface area contributed by atoms with E-state index in [9.17, 15) is 22.4 Å². The van der Waals surface area contributed by atoms with Crippen LogP contribution in [0.2, 0.25) is 0 Å². The first-order valence-electron chi connectivity index (χ1n) is 8.69. The molecular weight excluding hydrogens is 403 g/mol. The summed E-state index contributed by atoms with van der Waals surface area (Å²) in [5.41, 5.74) is 0.459. The van der Waals surface area contributed by atoms with Gasteiger partial charge in [-0.15, -0.1) is 11.8 Å². The Bertz CT molecular complexity index is 1020. The third-order valence-corrected chi connectivity index (χ3v) is 7.40. The molecule has 1 atom stereocenters. The first-order valence-corrected chi connectivity index (χ1v) is 11.2. The zero-order chi connectivity index (χ0) is 20.3. The average molecular weight is 423 g/mol. The summed E-state index contributed by atoms with van der Waals surface area (Å²) < 4.78 is 38.7. The van der Waals surface area contributed by atoms with E-state index >= 15 is 0 Å². The van der Waals surface area contributed by atoms with Crippen LogP contribution >= 0.6 is 11.8 Å². The molecule has 0 spiro atoms. The van der Waals surface area contributed by atoms with E-state index in [1.165, 1.54) is 42.1 Å². The Kier molecular flexibility index (Phi) is 6.04. The Morgan fingerprint density at radius 2 is 2.00 bits per heavy atom. The largest absolute Gasteiger partial charge is 0.324 e. The van der Waals surface area contributed by atoms with Gasteiger partial charge < -0.3 is 10.6 Å². The molecule has 0 aromatic heterocycles. The fourth-order valence-corrected chi connectivity index (χ4v) is 5.00. The van der Waals surface area contributed by atoms with Gasteiger partial charge in [-0.05, 0) is 36.8 Å². The van der Waals surface area contributed by atoms with Crippen LogP contribution in [0, 0.1) is 5.82 Å². The smallest absolute Gasteiger partial charge is 0.237 e. The standard InChI is InChI=1S/C19H19FN2O4S2/c1-2-16-19(24)22-15-11-12(7-8-17(15)27-16)28(25,26)10-9-18(23)21-14-6-4-3-5-13(14)20/h3-8,11,16H,2,9-10H2,1H3,(H,21,23)(H,22,24). The molecule has 28 heavy (non-hydrogen) atoms. The van der Waals surface area contributed by atoms with E-state index in [1.54, 1.807) is 12.1 Å². The average Bonchev–Trinajstić information content (AvgIpc) is 2.67. The van der Waals surface area contributed by atoms with Gasteiger partial charge in [0.25, 0.3) is 0 Å². The van der Waals surface area contributed by atoms with E-state index < -0.39 is 27.3 Å². The highest BCUT2D eigenvalue weighted by Crippen LogP contribution is 2.38. The Balaban J connectivity index is 1.68. The van der Waals surface area contributed by atoms with E-state index in [2.05, 4.69) is 10.6 Å². The van der Waals surface area contributed by atoms with Crippen molar-refractivity contribution in [3.05, 3.63) is 48.3 Å². The van der Waals surface area contributed by atoms with E-state index in [-0.39, 0.29) is 28.2 Å². The quantitative estimate of drug-likeness (QED) is 0.744. The Labute approximate surface area is 166 Å². The number of thioether (sulfide) groups is 1. The molecule has 0 bridgehead atoms. The topological polar surface area (TPSA) is 92.3 Å². The summed E-state index contributed by atoms with van der Waals surface area (Å²) >= 11 is 1.40. The second-order valence-electron chi connectivity index (χ2n) is 6.26.